The minimum atomic E-state index is -4.46. The van der Waals surface area contributed by atoms with Gasteiger partial charge in [-0.3, -0.25) is 4.79 Å². The molecule has 1 aliphatic heterocycles. The van der Waals surface area contributed by atoms with Gasteiger partial charge in [-0.15, -0.1) is 0 Å². The number of benzene rings is 2. The Balaban J connectivity index is 1.57. The van der Waals surface area contributed by atoms with Crippen LogP contribution in [0.1, 0.15) is 35.9 Å². The van der Waals surface area contributed by atoms with Crippen LogP contribution in [0.2, 0.25) is 0 Å². The molecule has 0 bridgehead atoms. The maximum atomic E-state index is 13.1. The highest BCUT2D eigenvalue weighted by molar-refractivity contribution is 5.78. The van der Waals surface area contributed by atoms with Crippen molar-refractivity contribution < 1.29 is 26.9 Å². The third-order valence-electron chi connectivity index (χ3n) is 4.76. The van der Waals surface area contributed by atoms with Crippen LogP contribution in [0.5, 0.6) is 0 Å². The molecule has 3 aromatic rings. The molecule has 0 N–H and O–H groups in total. The Hall–Kier alpha value is -3.23. The minimum Gasteiger partial charge on any atom is -0.337 e. The Morgan fingerprint density at radius 2 is 1.90 bits per heavy atom. The van der Waals surface area contributed by atoms with Gasteiger partial charge in [-0.1, -0.05) is 17.3 Å². The molecule has 0 spiro atoms. The molecule has 1 aromatic heterocycles. The van der Waals surface area contributed by atoms with Gasteiger partial charge in [0.05, 0.1) is 5.56 Å². The summed E-state index contributed by atoms with van der Waals surface area (Å²) in [6, 6.07) is 9.88. The van der Waals surface area contributed by atoms with E-state index in [9.17, 15) is 22.4 Å². The van der Waals surface area contributed by atoms with Crippen LogP contribution in [0.15, 0.2) is 53.1 Å². The predicted molar refractivity (Wildman–Crippen MR) is 93.7 cm³/mol. The van der Waals surface area contributed by atoms with Gasteiger partial charge < -0.3 is 9.42 Å². The number of hydrogen-bond acceptors (Lipinski definition) is 4. The molecule has 0 saturated carbocycles. The predicted octanol–water partition coefficient (Wildman–Crippen LogP) is 4.76. The smallest absolute Gasteiger partial charge is 0.337 e. The average Bonchev–Trinajstić information content (AvgIpc) is 3.30. The molecule has 0 aliphatic carbocycles. The van der Waals surface area contributed by atoms with Crippen molar-refractivity contribution in [2.45, 2.75) is 31.6 Å². The molecule has 2 aromatic carbocycles. The maximum absolute atomic E-state index is 13.1. The van der Waals surface area contributed by atoms with Crippen molar-refractivity contribution in [1.29, 1.82) is 0 Å². The zero-order valence-corrected chi connectivity index (χ0v) is 15.0. The largest absolute Gasteiger partial charge is 0.416 e. The number of amides is 1. The molecule has 1 amide bonds. The lowest BCUT2D eigenvalue weighted by molar-refractivity contribution is -0.137. The zero-order chi connectivity index (χ0) is 20.6. The lowest BCUT2D eigenvalue weighted by atomic mass is 10.1. The van der Waals surface area contributed by atoms with Crippen LogP contribution in [-0.4, -0.2) is 20.9 Å². The first kappa shape index (κ1) is 19.1. The quantitative estimate of drug-likeness (QED) is 0.588. The van der Waals surface area contributed by atoms with Crippen LogP contribution in [-0.2, 0) is 17.5 Å². The highest BCUT2D eigenvalue weighted by Crippen LogP contribution is 2.35. The topological polar surface area (TPSA) is 59.2 Å². The van der Waals surface area contributed by atoms with Crippen LogP contribution in [0.4, 0.5) is 17.6 Å². The van der Waals surface area contributed by atoms with E-state index in [1.54, 1.807) is 0 Å². The summed E-state index contributed by atoms with van der Waals surface area (Å²) in [5.74, 6) is -0.152. The molecule has 5 nitrogen and oxygen atoms in total. The molecule has 1 saturated heterocycles. The van der Waals surface area contributed by atoms with Gasteiger partial charge in [0.1, 0.15) is 11.9 Å². The number of rotatable bonds is 4. The van der Waals surface area contributed by atoms with E-state index in [1.807, 2.05) is 0 Å². The standard InChI is InChI=1S/C20H15F4N3O2/c21-15-6-4-13(5-7-15)18-25-19(29-26-18)16-8-9-17(28)27(16)11-12-2-1-3-14(10-12)20(22,23)24/h1-7,10,16H,8-9,11H2. The van der Waals surface area contributed by atoms with E-state index in [0.717, 1.165) is 12.1 Å². The Morgan fingerprint density at radius 1 is 1.14 bits per heavy atom. The van der Waals surface area contributed by atoms with Crippen LogP contribution in [0.3, 0.4) is 0 Å². The summed E-state index contributed by atoms with van der Waals surface area (Å²) in [4.78, 5) is 18.1. The highest BCUT2D eigenvalue weighted by atomic mass is 19.4. The lowest BCUT2D eigenvalue weighted by Gasteiger charge is -2.22. The molecule has 150 valence electrons. The number of hydrogen-bond donors (Lipinski definition) is 0. The molecule has 1 unspecified atom stereocenters. The number of halogens is 4. The molecule has 0 radical (unpaired) electrons. The number of likely N-dealkylation sites (tertiary alicyclic amines) is 1. The number of carbonyl (C=O) groups is 1. The SMILES string of the molecule is O=C1CCC(c2nc(-c3ccc(F)cc3)no2)N1Cc1cccc(C(F)(F)F)c1. The van der Waals surface area contributed by atoms with E-state index in [1.165, 1.54) is 41.3 Å². The van der Waals surface area contributed by atoms with Crippen molar-refractivity contribution in [3.05, 3.63) is 71.4 Å². The normalized spacial score (nSPS) is 17.2. The summed E-state index contributed by atoms with van der Waals surface area (Å²) in [6.07, 6.45) is -3.80. The average molecular weight is 405 g/mol. The van der Waals surface area contributed by atoms with Crippen molar-refractivity contribution in [3.63, 3.8) is 0 Å². The van der Waals surface area contributed by atoms with Crippen molar-refractivity contribution in [2.24, 2.45) is 0 Å². The second-order valence-corrected chi connectivity index (χ2v) is 6.74. The summed E-state index contributed by atoms with van der Waals surface area (Å²) in [6.45, 7) is 0.00167. The van der Waals surface area contributed by atoms with Gasteiger partial charge in [-0.2, -0.15) is 18.2 Å². The van der Waals surface area contributed by atoms with Gasteiger partial charge in [-0.25, -0.2) is 4.39 Å². The minimum absolute atomic E-state index is 0.00167. The summed E-state index contributed by atoms with van der Waals surface area (Å²) >= 11 is 0. The molecule has 1 fully saturated rings. The fraction of sp³-hybridized carbons (Fsp3) is 0.250. The van der Waals surface area contributed by atoms with Crippen molar-refractivity contribution >= 4 is 5.91 Å². The van der Waals surface area contributed by atoms with E-state index in [4.69, 9.17) is 4.52 Å². The number of carbonyl (C=O) groups excluding carboxylic acids is 1. The van der Waals surface area contributed by atoms with E-state index >= 15 is 0 Å². The van der Waals surface area contributed by atoms with Crippen LogP contribution >= 0.6 is 0 Å². The summed E-state index contributed by atoms with van der Waals surface area (Å²) in [5, 5.41) is 3.88. The van der Waals surface area contributed by atoms with Crippen molar-refractivity contribution in [3.8, 4) is 11.4 Å². The third kappa shape index (κ3) is 3.98. The monoisotopic (exact) mass is 405 g/mol. The molecule has 1 aliphatic rings. The first-order valence-corrected chi connectivity index (χ1v) is 8.86. The highest BCUT2D eigenvalue weighted by Gasteiger charge is 2.36. The van der Waals surface area contributed by atoms with E-state index < -0.39 is 23.6 Å². The fourth-order valence-corrected chi connectivity index (χ4v) is 3.32. The summed E-state index contributed by atoms with van der Waals surface area (Å²) < 4.78 is 57.2. The van der Waals surface area contributed by atoms with Crippen molar-refractivity contribution in [1.82, 2.24) is 15.0 Å². The Kier molecular flexibility index (Phi) is 4.81. The summed E-state index contributed by atoms with van der Waals surface area (Å²) in [5.41, 5.74) is 0.142. The van der Waals surface area contributed by atoms with Gasteiger partial charge in [0, 0.05) is 18.5 Å². The molecular formula is C20H15F4N3O2. The van der Waals surface area contributed by atoms with Gasteiger partial charge in [-0.05, 0) is 48.4 Å². The molecule has 2 heterocycles. The van der Waals surface area contributed by atoms with Gasteiger partial charge in [0.25, 0.3) is 0 Å². The van der Waals surface area contributed by atoms with E-state index in [-0.39, 0.29) is 30.6 Å². The molecule has 9 heteroatoms. The second kappa shape index (κ2) is 7.31. The second-order valence-electron chi connectivity index (χ2n) is 6.74. The fourth-order valence-electron chi connectivity index (χ4n) is 3.32. The van der Waals surface area contributed by atoms with Crippen LogP contribution < -0.4 is 0 Å². The Morgan fingerprint density at radius 3 is 2.62 bits per heavy atom. The maximum Gasteiger partial charge on any atom is 0.416 e. The Bertz CT molecular complexity index is 1030. The molecule has 1 atom stereocenters. The molecular weight excluding hydrogens is 390 g/mol. The van der Waals surface area contributed by atoms with Crippen LogP contribution in [0, 0.1) is 5.82 Å². The first-order chi connectivity index (χ1) is 13.8. The van der Waals surface area contributed by atoms with Gasteiger partial charge in [0.2, 0.25) is 17.6 Å². The third-order valence-corrected chi connectivity index (χ3v) is 4.76. The number of aromatic nitrogens is 2. The molecule has 4 rings (SSSR count). The number of nitrogens with zero attached hydrogens (tertiary/aromatic N) is 3. The van der Waals surface area contributed by atoms with Gasteiger partial charge in [0.15, 0.2) is 0 Å². The van der Waals surface area contributed by atoms with Crippen molar-refractivity contribution in [2.75, 3.05) is 0 Å². The Labute approximate surface area is 162 Å². The lowest BCUT2D eigenvalue weighted by Crippen LogP contribution is -2.27. The van der Waals surface area contributed by atoms with Crippen LogP contribution in [0.25, 0.3) is 11.4 Å². The number of alkyl halides is 3. The zero-order valence-electron chi connectivity index (χ0n) is 15.0. The van der Waals surface area contributed by atoms with Gasteiger partial charge >= 0.3 is 6.18 Å². The molecule has 29 heavy (non-hydrogen) atoms. The summed E-state index contributed by atoms with van der Waals surface area (Å²) in [7, 11) is 0. The first-order valence-electron chi connectivity index (χ1n) is 8.86. The van der Waals surface area contributed by atoms with E-state index in [2.05, 4.69) is 10.1 Å². The van der Waals surface area contributed by atoms with E-state index in [0.29, 0.717) is 17.5 Å².